The molecule has 1 fully saturated rings. The molecule has 1 N–H and O–H groups in total. The minimum absolute atomic E-state index is 0.264. The van der Waals surface area contributed by atoms with Gasteiger partial charge in [-0.25, -0.2) is 13.1 Å². The smallest absolute Gasteiger partial charge is 0.240 e. The van der Waals surface area contributed by atoms with Crippen molar-refractivity contribution in [2.75, 3.05) is 6.54 Å². The maximum atomic E-state index is 12.5. The summed E-state index contributed by atoms with van der Waals surface area (Å²) in [5.74, 6) is 0.672. The van der Waals surface area contributed by atoms with Crippen LogP contribution < -0.4 is 4.72 Å². The van der Waals surface area contributed by atoms with Crippen molar-refractivity contribution in [3.05, 3.63) is 42.5 Å². The molecule has 0 spiro atoms. The zero-order chi connectivity index (χ0) is 16.6. The predicted molar refractivity (Wildman–Crippen MR) is 95.5 cm³/mol. The third-order valence-electron chi connectivity index (χ3n) is 4.98. The van der Waals surface area contributed by atoms with Gasteiger partial charge in [0.2, 0.25) is 10.0 Å². The molecule has 0 bridgehead atoms. The number of benzene rings is 2. The topological polar surface area (TPSA) is 59.3 Å². The van der Waals surface area contributed by atoms with Crippen LogP contribution in [0, 0.1) is 5.92 Å². The summed E-state index contributed by atoms with van der Waals surface area (Å²) in [5, 5.41) is 1.95. The molecule has 126 valence electrons. The summed E-state index contributed by atoms with van der Waals surface area (Å²) in [6, 6.07) is 12.8. The summed E-state index contributed by atoms with van der Waals surface area (Å²) in [6.07, 6.45) is 5.94. The molecule has 4 nitrogen and oxygen atoms in total. The molecular formula is C19H21NO3S. The van der Waals surface area contributed by atoms with Crippen molar-refractivity contribution in [3.8, 4) is 0 Å². The summed E-state index contributed by atoms with van der Waals surface area (Å²) in [6.45, 7) is 0.505. The molecule has 3 aromatic rings. The van der Waals surface area contributed by atoms with E-state index in [9.17, 15) is 8.42 Å². The van der Waals surface area contributed by atoms with Crippen LogP contribution in [0.1, 0.15) is 32.1 Å². The van der Waals surface area contributed by atoms with E-state index in [4.69, 9.17) is 4.42 Å². The monoisotopic (exact) mass is 343 g/mol. The van der Waals surface area contributed by atoms with Crippen LogP contribution in [0.4, 0.5) is 0 Å². The molecule has 0 aliphatic heterocycles. The predicted octanol–water partition coefficient (Wildman–Crippen LogP) is 4.44. The lowest BCUT2D eigenvalue weighted by Gasteiger charge is -2.10. The Labute approximate surface area is 141 Å². The van der Waals surface area contributed by atoms with Gasteiger partial charge in [-0.2, -0.15) is 0 Å². The Morgan fingerprint density at radius 1 is 1.00 bits per heavy atom. The van der Waals surface area contributed by atoms with Crippen molar-refractivity contribution in [1.29, 1.82) is 0 Å². The van der Waals surface area contributed by atoms with Gasteiger partial charge in [0.05, 0.1) is 4.90 Å². The largest absolute Gasteiger partial charge is 0.456 e. The van der Waals surface area contributed by atoms with Gasteiger partial charge in [-0.3, -0.25) is 0 Å². The molecule has 0 atom stereocenters. The molecule has 1 aliphatic rings. The van der Waals surface area contributed by atoms with Gasteiger partial charge in [0.15, 0.2) is 0 Å². The van der Waals surface area contributed by atoms with Gasteiger partial charge in [0.1, 0.15) is 11.2 Å². The van der Waals surface area contributed by atoms with Crippen molar-refractivity contribution in [1.82, 2.24) is 4.72 Å². The number of sulfonamides is 1. The first-order chi connectivity index (χ1) is 11.6. The van der Waals surface area contributed by atoms with Crippen LogP contribution in [-0.2, 0) is 10.0 Å². The molecule has 1 saturated carbocycles. The molecule has 0 amide bonds. The van der Waals surface area contributed by atoms with Gasteiger partial charge in [-0.15, -0.1) is 0 Å². The Morgan fingerprint density at radius 3 is 2.58 bits per heavy atom. The molecule has 1 aliphatic carbocycles. The lowest BCUT2D eigenvalue weighted by atomic mass is 10.1. The van der Waals surface area contributed by atoms with Crippen molar-refractivity contribution >= 4 is 32.0 Å². The Balaban J connectivity index is 1.56. The number of rotatable bonds is 5. The molecule has 0 unspecified atom stereocenters. The standard InChI is InChI=1S/C19H21NO3S/c21-24(22,20-12-11-14-5-1-2-6-14)15-9-10-17-16-7-3-4-8-18(16)23-19(17)13-15/h3-4,7-10,13-14,20H,1-2,5-6,11-12H2. The summed E-state index contributed by atoms with van der Waals surface area (Å²) in [4.78, 5) is 0.264. The Hall–Kier alpha value is -1.85. The van der Waals surface area contributed by atoms with Gasteiger partial charge < -0.3 is 4.42 Å². The van der Waals surface area contributed by atoms with E-state index in [1.807, 2.05) is 30.3 Å². The van der Waals surface area contributed by atoms with E-state index in [2.05, 4.69) is 4.72 Å². The number of furan rings is 1. The molecule has 2 aromatic carbocycles. The van der Waals surface area contributed by atoms with Crippen molar-refractivity contribution < 1.29 is 12.8 Å². The highest BCUT2D eigenvalue weighted by atomic mass is 32.2. The highest BCUT2D eigenvalue weighted by molar-refractivity contribution is 7.89. The third-order valence-corrected chi connectivity index (χ3v) is 6.44. The zero-order valence-electron chi connectivity index (χ0n) is 13.5. The molecule has 5 heteroatoms. The maximum absolute atomic E-state index is 12.5. The fourth-order valence-corrected chi connectivity index (χ4v) is 4.72. The molecule has 0 saturated heterocycles. The van der Waals surface area contributed by atoms with E-state index >= 15 is 0 Å². The van der Waals surface area contributed by atoms with Crippen LogP contribution >= 0.6 is 0 Å². The van der Waals surface area contributed by atoms with E-state index in [0.29, 0.717) is 18.0 Å². The van der Waals surface area contributed by atoms with Gasteiger partial charge in [-0.1, -0.05) is 43.9 Å². The lowest BCUT2D eigenvalue weighted by Crippen LogP contribution is -2.25. The van der Waals surface area contributed by atoms with Crippen molar-refractivity contribution in [2.45, 2.75) is 37.0 Å². The second kappa shape index (κ2) is 6.22. The second-order valence-corrected chi connectivity index (χ2v) is 8.36. The minimum atomic E-state index is -3.49. The van der Waals surface area contributed by atoms with Gasteiger partial charge in [0, 0.05) is 23.4 Å². The average molecular weight is 343 g/mol. The molecule has 1 heterocycles. The molecular weight excluding hydrogens is 322 g/mol. The highest BCUT2D eigenvalue weighted by Crippen LogP contribution is 2.30. The summed E-state index contributed by atoms with van der Waals surface area (Å²) < 4.78 is 33.5. The van der Waals surface area contributed by atoms with Gasteiger partial charge >= 0.3 is 0 Å². The fourth-order valence-electron chi connectivity index (χ4n) is 3.65. The van der Waals surface area contributed by atoms with Crippen LogP contribution in [0.2, 0.25) is 0 Å². The molecule has 1 aromatic heterocycles. The normalized spacial score (nSPS) is 16.3. The van der Waals surface area contributed by atoms with E-state index in [1.54, 1.807) is 12.1 Å². The zero-order valence-corrected chi connectivity index (χ0v) is 14.3. The lowest BCUT2D eigenvalue weighted by molar-refractivity contribution is 0.495. The van der Waals surface area contributed by atoms with Gasteiger partial charge in [0.25, 0.3) is 0 Å². The molecule has 24 heavy (non-hydrogen) atoms. The number of para-hydroxylation sites is 1. The number of hydrogen-bond donors (Lipinski definition) is 1. The number of nitrogens with one attached hydrogen (secondary N) is 1. The number of fused-ring (bicyclic) bond motifs is 3. The van der Waals surface area contributed by atoms with Crippen LogP contribution in [0.25, 0.3) is 21.9 Å². The van der Waals surface area contributed by atoms with Gasteiger partial charge in [-0.05, 0) is 30.5 Å². The van der Waals surface area contributed by atoms with E-state index in [1.165, 1.54) is 25.7 Å². The fraction of sp³-hybridized carbons (Fsp3) is 0.368. The SMILES string of the molecule is O=S(=O)(NCCC1CCCC1)c1ccc2c(c1)oc1ccccc12. The summed E-state index contributed by atoms with van der Waals surface area (Å²) in [5.41, 5.74) is 1.38. The first-order valence-corrected chi connectivity index (χ1v) is 10.0. The summed E-state index contributed by atoms with van der Waals surface area (Å²) in [7, 11) is -3.49. The summed E-state index contributed by atoms with van der Waals surface area (Å²) >= 11 is 0. The van der Waals surface area contributed by atoms with Crippen LogP contribution in [-0.4, -0.2) is 15.0 Å². The van der Waals surface area contributed by atoms with E-state index < -0.39 is 10.0 Å². The second-order valence-electron chi connectivity index (χ2n) is 6.59. The van der Waals surface area contributed by atoms with Crippen molar-refractivity contribution in [2.24, 2.45) is 5.92 Å². The number of hydrogen-bond acceptors (Lipinski definition) is 3. The van der Waals surface area contributed by atoms with E-state index in [-0.39, 0.29) is 4.90 Å². The van der Waals surface area contributed by atoms with Crippen LogP contribution in [0.15, 0.2) is 51.8 Å². The Bertz CT molecular complexity index is 969. The van der Waals surface area contributed by atoms with Crippen LogP contribution in [0.5, 0.6) is 0 Å². The Morgan fingerprint density at radius 2 is 1.75 bits per heavy atom. The van der Waals surface area contributed by atoms with Crippen LogP contribution in [0.3, 0.4) is 0 Å². The average Bonchev–Trinajstić information content (AvgIpc) is 3.21. The quantitative estimate of drug-likeness (QED) is 0.745. The first-order valence-electron chi connectivity index (χ1n) is 8.54. The third kappa shape index (κ3) is 2.94. The maximum Gasteiger partial charge on any atom is 0.240 e. The van der Waals surface area contributed by atoms with E-state index in [0.717, 1.165) is 22.8 Å². The van der Waals surface area contributed by atoms with Crippen molar-refractivity contribution in [3.63, 3.8) is 0 Å². The molecule has 0 radical (unpaired) electrons. The first kappa shape index (κ1) is 15.7. The highest BCUT2D eigenvalue weighted by Gasteiger charge is 2.19. The molecule has 4 rings (SSSR count). The minimum Gasteiger partial charge on any atom is -0.456 e. The Kier molecular flexibility index (Phi) is 4.06.